The van der Waals surface area contributed by atoms with Gasteiger partial charge in [-0.25, -0.2) is 0 Å². The molecule has 0 radical (unpaired) electrons. The van der Waals surface area contributed by atoms with Gasteiger partial charge in [-0.05, 0) is 40.0 Å². The molecule has 106 valence electrons. The minimum atomic E-state index is 0.230. The molecule has 1 aliphatic rings. The highest BCUT2D eigenvalue weighted by molar-refractivity contribution is 5.21. The highest BCUT2D eigenvalue weighted by Gasteiger charge is 2.25. The summed E-state index contributed by atoms with van der Waals surface area (Å²) in [4.78, 5) is 4.43. The smallest absolute Gasteiger partial charge is 0.138 e. The normalized spacial score (nSPS) is 28.9. The topological polar surface area (TPSA) is 43.4 Å². The Hall–Kier alpha value is -1.13. The van der Waals surface area contributed by atoms with Gasteiger partial charge in [0.05, 0.1) is 24.1 Å². The van der Waals surface area contributed by atoms with E-state index in [1.165, 1.54) is 0 Å². The van der Waals surface area contributed by atoms with E-state index >= 15 is 0 Å². The standard InChI is InChI=1S/C15H24N2O2/c1-10-7-14(8-11(2)18-10)19-13-5-6-15(17-9-13)12(3)16-4/h5-6,9-12,14,16H,7-8H2,1-4H3. The molecule has 2 heterocycles. The van der Waals surface area contributed by atoms with E-state index in [1.807, 2.05) is 25.4 Å². The molecule has 0 bridgehead atoms. The number of nitrogens with one attached hydrogen (secondary N) is 1. The lowest BCUT2D eigenvalue weighted by Gasteiger charge is -2.32. The zero-order chi connectivity index (χ0) is 13.8. The average molecular weight is 264 g/mol. The Kier molecular flexibility index (Phi) is 4.77. The SMILES string of the molecule is CNC(C)c1ccc(OC2CC(C)OC(C)C2)cn1. The lowest BCUT2D eigenvalue weighted by atomic mass is 10.0. The van der Waals surface area contributed by atoms with E-state index in [1.54, 1.807) is 0 Å². The Morgan fingerprint density at radius 1 is 1.32 bits per heavy atom. The van der Waals surface area contributed by atoms with Crippen molar-refractivity contribution < 1.29 is 9.47 Å². The molecule has 3 atom stereocenters. The van der Waals surface area contributed by atoms with Crippen molar-refractivity contribution in [3.05, 3.63) is 24.0 Å². The van der Waals surface area contributed by atoms with Crippen LogP contribution < -0.4 is 10.1 Å². The fraction of sp³-hybridized carbons (Fsp3) is 0.667. The lowest BCUT2D eigenvalue weighted by molar-refractivity contribution is -0.0722. The third-order valence-corrected chi connectivity index (χ3v) is 3.59. The van der Waals surface area contributed by atoms with Gasteiger partial charge < -0.3 is 14.8 Å². The molecule has 1 aliphatic heterocycles. The second kappa shape index (κ2) is 6.35. The van der Waals surface area contributed by atoms with Crippen LogP contribution in [0.3, 0.4) is 0 Å². The van der Waals surface area contributed by atoms with E-state index in [2.05, 4.69) is 31.1 Å². The fourth-order valence-electron chi connectivity index (χ4n) is 2.50. The Morgan fingerprint density at radius 3 is 2.53 bits per heavy atom. The molecule has 1 aromatic heterocycles. The monoisotopic (exact) mass is 264 g/mol. The second-order valence-corrected chi connectivity index (χ2v) is 5.40. The Labute approximate surface area is 115 Å². The number of aromatic nitrogens is 1. The summed E-state index contributed by atoms with van der Waals surface area (Å²) in [6.45, 7) is 6.29. The third-order valence-electron chi connectivity index (χ3n) is 3.59. The number of nitrogens with zero attached hydrogens (tertiary/aromatic N) is 1. The molecular weight excluding hydrogens is 240 g/mol. The first-order valence-corrected chi connectivity index (χ1v) is 7.03. The van der Waals surface area contributed by atoms with Gasteiger partial charge in [0.15, 0.2) is 0 Å². The van der Waals surface area contributed by atoms with Crippen LogP contribution in [0.5, 0.6) is 5.75 Å². The van der Waals surface area contributed by atoms with Gasteiger partial charge in [0, 0.05) is 18.9 Å². The predicted octanol–water partition coefficient (Wildman–Crippen LogP) is 2.70. The van der Waals surface area contributed by atoms with Crippen LogP contribution in [0.25, 0.3) is 0 Å². The lowest BCUT2D eigenvalue weighted by Crippen LogP contribution is -2.35. The molecule has 2 rings (SSSR count). The van der Waals surface area contributed by atoms with Crippen LogP contribution >= 0.6 is 0 Å². The van der Waals surface area contributed by atoms with E-state index in [4.69, 9.17) is 9.47 Å². The van der Waals surface area contributed by atoms with E-state index in [0.717, 1.165) is 24.3 Å². The van der Waals surface area contributed by atoms with Gasteiger partial charge in [0.25, 0.3) is 0 Å². The summed E-state index contributed by atoms with van der Waals surface area (Å²) in [7, 11) is 1.93. The minimum Gasteiger partial charge on any atom is -0.489 e. The minimum absolute atomic E-state index is 0.230. The van der Waals surface area contributed by atoms with E-state index in [-0.39, 0.29) is 24.4 Å². The van der Waals surface area contributed by atoms with Gasteiger partial charge in [-0.15, -0.1) is 0 Å². The van der Waals surface area contributed by atoms with Crippen molar-refractivity contribution >= 4 is 0 Å². The molecule has 1 aromatic rings. The Morgan fingerprint density at radius 2 is 2.00 bits per heavy atom. The van der Waals surface area contributed by atoms with Gasteiger partial charge >= 0.3 is 0 Å². The average Bonchev–Trinajstić information content (AvgIpc) is 2.37. The van der Waals surface area contributed by atoms with Crippen molar-refractivity contribution in [2.24, 2.45) is 0 Å². The third kappa shape index (κ3) is 3.91. The zero-order valence-electron chi connectivity index (χ0n) is 12.2. The Balaban J connectivity index is 1.95. The van der Waals surface area contributed by atoms with E-state index in [9.17, 15) is 0 Å². The van der Waals surface area contributed by atoms with Crippen molar-refractivity contribution in [1.82, 2.24) is 10.3 Å². The summed E-state index contributed by atoms with van der Waals surface area (Å²) in [5, 5.41) is 3.17. The van der Waals surface area contributed by atoms with Crippen LogP contribution in [0, 0.1) is 0 Å². The van der Waals surface area contributed by atoms with Gasteiger partial charge in [-0.1, -0.05) is 0 Å². The van der Waals surface area contributed by atoms with Crippen LogP contribution in [0.15, 0.2) is 18.3 Å². The van der Waals surface area contributed by atoms with Crippen LogP contribution in [0.2, 0.25) is 0 Å². The van der Waals surface area contributed by atoms with Gasteiger partial charge in [0.2, 0.25) is 0 Å². The second-order valence-electron chi connectivity index (χ2n) is 5.40. The number of pyridine rings is 1. The summed E-state index contributed by atoms with van der Waals surface area (Å²) < 4.78 is 11.7. The molecule has 0 aromatic carbocycles. The number of hydrogen-bond donors (Lipinski definition) is 1. The molecule has 1 N–H and O–H groups in total. The molecule has 0 spiro atoms. The van der Waals surface area contributed by atoms with Crippen molar-refractivity contribution in [1.29, 1.82) is 0 Å². The van der Waals surface area contributed by atoms with Crippen molar-refractivity contribution in [3.63, 3.8) is 0 Å². The summed E-state index contributed by atoms with van der Waals surface area (Å²) in [5.41, 5.74) is 1.03. The summed E-state index contributed by atoms with van der Waals surface area (Å²) in [6.07, 6.45) is 4.47. The molecule has 4 nitrogen and oxygen atoms in total. The maximum absolute atomic E-state index is 6.00. The van der Waals surface area contributed by atoms with Crippen molar-refractivity contribution in [2.75, 3.05) is 7.05 Å². The molecule has 0 aliphatic carbocycles. The van der Waals surface area contributed by atoms with Gasteiger partial charge in [-0.3, -0.25) is 4.98 Å². The largest absolute Gasteiger partial charge is 0.489 e. The molecule has 3 unspecified atom stereocenters. The predicted molar refractivity (Wildman–Crippen MR) is 75.4 cm³/mol. The van der Waals surface area contributed by atoms with Crippen molar-refractivity contribution in [2.45, 2.75) is 58.0 Å². The molecule has 0 saturated carbocycles. The van der Waals surface area contributed by atoms with Crippen LogP contribution in [-0.2, 0) is 4.74 Å². The molecule has 1 fully saturated rings. The Bertz CT molecular complexity index is 384. The van der Waals surface area contributed by atoms with Crippen LogP contribution in [-0.4, -0.2) is 30.3 Å². The highest BCUT2D eigenvalue weighted by Crippen LogP contribution is 2.24. The zero-order valence-corrected chi connectivity index (χ0v) is 12.2. The number of ether oxygens (including phenoxy) is 2. The maximum Gasteiger partial charge on any atom is 0.138 e. The summed E-state index contributed by atoms with van der Waals surface area (Å²) in [5.74, 6) is 0.846. The van der Waals surface area contributed by atoms with Crippen molar-refractivity contribution in [3.8, 4) is 5.75 Å². The maximum atomic E-state index is 6.00. The molecular formula is C15H24N2O2. The highest BCUT2D eigenvalue weighted by atomic mass is 16.5. The summed E-state index contributed by atoms with van der Waals surface area (Å²) >= 11 is 0. The first-order chi connectivity index (χ1) is 9.08. The number of hydrogen-bond acceptors (Lipinski definition) is 4. The number of rotatable bonds is 4. The van der Waals surface area contributed by atoms with E-state index in [0.29, 0.717) is 0 Å². The van der Waals surface area contributed by atoms with Crippen LogP contribution in [0.1, 0.15) is 45.3 Å². The van der Waals surface area contributed by atoms with E-state index < -0.39 is 0 Å². The van der Waals surface area contributed by atoms with Crippen LogP contribution in [0.4, 0.5) is 0 Å². The van der Waals surface area contributed by atoms with Gasteiger partial charge in [-0.2, -0.15) is 0 Å². The molecule has 0 amide bonds. The molecule has 1 saturated heterocycles. The first kappa shape index (κ1) is 14.3. The summed E-state index contributed by atoms with van der Waals surface area (Å²) in [6, 6.07) is 4.28. The molecule has 4 heteroatoms. The van der Waals surface area contributed by atoms with Gasteiger partial charge in [0.1, 0.15) is 11.9 Å². The quantitative estimate of drug-likeness (QED) is 0.908. The fourth-order valence-corrected chi connectivity index (χ4v) is 2.50. The first-order valence-electron chi connectivity index (χ1n) is 7.03. The molecule has 19 heavy (non-hydrogen) atoms.